The highest BCUT2D eigenvalue weighted by Gasteiger charge is 2.45. The maximum Gasteiger partial charge on any atom is 0.408 e. The summed E-state index contributed by atoms with van der Waals surface area (Å²) in [6.07, 6.45) is 1.46. The summed E-state index contributed by atoms with van der Waals surface area (Å²) in [6, 6.07) is 11.9. The van der Waals surface area contributed by atoms with E-state index in [1.807, 2.05) is 53.7 Å². The smallest absolute Gasteiger partial charge is 0.408 e. The molecule has 1 aliphatic rings. The van der Waals surface area contributed by atoms with Crippen LogP contribution in [0, 0.1) is 10.1 Å². The molecule has 4 aromatic rings. The number of nitro benzene ring substituents is 1. The number of ether oxygens (including phenoxy) is 3. The molecule has 0 saturated carbocycles. The summed E-state index contributed by atoms with van der Waals surface area (Å²) in [5.74, 6) is 1.17. The van der Waals surface area contributed by atoms with Gasteiger partial charge in [-0.15, -0.1) is 0 Å². The summed E-state index contributed by atoms with van der Waals surface area (Å²) in [4.78, 5) is 28.5. The molecule has 1 N–H and O–H groups in total. The van der Waals surface area contributed by atoms with E-state index >= 15 is 0 Å². The average molecular weight is 593 g/mol. The van der Waals surface area contributed by atoms with Crippen molar-refractivity contribution in [3.05, 3.63) is 58.3 Å². The lowest BCUT2D eigenvalue weighted by Gasteiger charge is -2.42. The van der Waals surface area contributed by atoms with Gasteiger partial charge in [-0.2, -0.15) is 4.98 Å². The van der Waals surface area contributed by atoms with Crippen molar-refractivity contribution in [1.82, 2.24) is 15.5 Å². The molecule has 1 atom stereocenters. The Hall–Kier alpha value is -4.45. The van der Waals surface area contributed by atoms with Crippen LogP contribution in [0.4, 0.5) is 10.5 Å². The van der Waals surface area contributed by atoms with Crippen molar-refractivity contribution < 1.29 is 32.9 Å². The molecule has 5 rings (SSSR count). The molecule has 1 amide bonds. The summed E-state index contributed by atoms with van der Waals surface area (Å²) in [7, 11) is 0. The second-order valence-corrected chi connectivity index (χ2v) is 12.3. The standard InChI is InChI=1S/C31H36N4O8/c1-7-14-39-24-11-9-20(16-22(24)35(37)38)27-32-26(34-43-27)19-8-10-23-21(15-19)17-25(41-23)31(13-12-30(5,6)40-18-31)33-28(36)42-29(2,3)4/h8-11,15-17H,7,12-14,18H2,1-6H3,(H,33,36). The van der Waals surface area contributed by atoms with Gasteiger partial charge in [0.2, 0.25) is 5.82 Å². The second-order valence-electron chi connectivity index (χ2n) is 12.3. The number of furan rings is 1. The zero-order valence-corrected chi connectivity index (χ0v) is 25.2. The van der Waals surface area contributed by atoms with E-state index in [0.29, 0.717) is 47.7 Å². The van der Waals surface area contributed by atoms with Gasteiger partial charge in [-0.25, -0.2) is 4.79 Å². The van der Waals surface area contributed by atoms with Crippen LogP contribution >= 0.6 is 0 Å². The van der Waals surface area contributed by atoms with E-state index in [1.54, 1.807) is 18.2 Å². The van der Waals surface area contributed by atoms with Gasteiger partial charge in [0.1, 0.15) is 22.5 Å². The highest BCUT2D eigenvalue weighted by atomic mass is 16.6. The van der Waals surface area contributed by atoms with Crippen molar-refractivity contribution in [2.75, 3.05) is 13.2 Å². The third-order valence-electron chi connectivity index (χ3n) is 7.14. The van der Waals surface area contributed by atoms with Crippen molar-refractivity contribution in [3.8, 4) is 28.6 Å². The minimum absolute atomic E-state index is 0.135. The number of carbonyl (C=O) groups is 1. The van der Waals surface area contributed by atoms with Crippen LogP contribution in [0.3, 0.4) is 0 Å². The van der Waals surface area contributed by atoms with Crippen LogP contribution in [0.2, 0.25) is 0 Å². The Kier molecular flexibility index (Phi) is 7.91. The van der Waals surface area contributed by atoms with E-state index in [2.05, 4.69) is 15.5 Å². The van der Waals surface area contributed by atoms with E-state index < -0.39 is 22.2 Å². The minimum Gasteiger partial charge on any atom is -0.487 e. The Balaban J connectivity index is 1.44. The monoisotopic (exact) mass is 592 g/mol. The highest BCUT2D eigenvalue weighted by Crippen LogP contribution is 2.40. The first-order chi connectivity index (χ1) is 20.3. The third-order valence-corrected chi connectivity index (χ3v) is 7.14. The van der Waals surface area contributed by atoms with Crippen LogP contribution in [0.25, 0.3) is 33.8 Å². The van der Waals surface area contributed by atoms with Crippen LogP contribution in [-0.4, -0.2) is 45.6 Å². The minimum atomic E-state index is -0.919. The topological polar surface area (TPSA) is 152 Å². The van der Waals surface area contributed by atoms with E-state index in [1.165, 1.54) is 12.1 Å². The molecule has 2 aromatic heterocycles. The van der Waals surface area contributed by atoms with Crippen LogP contribution in [0.1, 0.15) is 66.6 Å². The van der Waals surface area contributed by atoms with Crippen LogP contribution in [-0.2, 0) is 15.0 Å². The fourth-order valence-electron chi connectivity index (χ4n) is 4.83. The molecule has 43 heavy (non-hydrogen) atoms. The van der Waals surface area contributed by atoms with Gasteiger partial charge in [-0.05, 0) is 90.3 Å². The third kappa shape index (κ3) is 6.64. The lowest BCUT2D eigenvalue weighted by molar-refractivity contribution is -0.385. The normalized spacial score (nSPS) is 18.4. The van der Waals surface area contributed by atoms with Crippen LogP contribution < -0.4 is 10.1 Å². The van der Waals surface area contributed by atoms with Gasteiger partial charge in [-0.3, -0.25) is 10.1 Å². The molecule has 0 bridgehead atoms. The summed E-state index contributed by atoms with van der Waals surface area (Å²) >= 11 is 0. The van der Waals surface area contributed by atoms with E-state index in [9.17, 15) is 14.9 Å². The first-order valence-corrected chi connectivity index (χ1v) is 14.2. The number of rotatable bonds is 8. The van der Waals surface area contributed by atoms with E-state index in [0.717, 1.165) is 11.8 Å². The predicted octanol–water partition coefficient (Wildman–Crippen LogP) is 7.16. The first-order valence-electron chi connectivity index (χ1n) is 14.2. The Morgan fingerprint density at radius 2 is 1.88 bits per heavy atom. The zero-order valence-electron chi connectivity index (χ0n) is 25.2. The number of hydrogen-bond acceptors (Lipinski definition) is 10. The molecule has 3 heterocycles. The maximum absolute atomic E-state index is 12.9. The molecule has 1 unspecified atom stereocenters. The summed E-state index contributed by atoms with van der Waals surface area (Å²) in [5, 5.41) is 19.5. The highest BCUT2D eigenvalue weighted by molar-refractivity contribution is 5.83. The quantitative estimate of drug-likeness (QED) is 0.165. The van der Waals surface area contributed by atoms with Gasteiger partial charge >= 0.3 is 11.8 Å². The lowest BCUT2D eigenvalue weighted by Crippen LogP contribution is -2.55. The number of benzene rings is 2. The van der Waals surface area contributed by atoms with Crippen molar-refractivity contribution in [2.24, 2.45) is 0 Å². The largest absolute Gasteiger partial charge is 0.487 e. The molecule has 2 aromatic carbocycles. The predicted molar refractivity (Wildman–Crippen MR) is 158 cm³/mol. The Morgan fingerprint density at radius 3 is 2.56 bits per heavy atom. The number of aromatic nitrogens is 2. The van der Waals surface area contributed by atoms with Gasteiger partial charge in [0.25, 0.3) is 5.89 Å². The Bertz CT molecular complexity index is 1640. The number of nitrogens with one attached hydrogen (secondary N) is 1. The fourth-order valence-corrected chi connectivity index (χ4v) is 4.83. The van der Waals surface area contributed by atoms with Crippen LogP contribution in [0.5, 0.6) is 5.75 Å². The number of carbonyl (C=O) groups excluding carboxylic acids is 1. The number of amides is 1. The van der Waals surface area contributed by atoms with Crippen LogP contribution in [0.15, 0.2) is 51.4 Å². The molecule has 228 valence electrons. The van der Waals surface area contributed by atoms with Crippen molar-refractivity contribution >= 4 is 22.7 Å². The molecule has 0 spiro atoms. The summed E-state index contributed by atoms with van der Waals surface area (Å²) in [6.45, 7) is 12.0. The molecular weight excluding hydrogens is 556 g/mol. The Morgan fingerprint density at radius 1 is 1.12 bits per heavy atom. The molecule has 0 radical (unpaired) electrons. The molecule has 0 aliphatic carbocycles. The number of fused-ring (bicyclic) bond motifs is 1. The van der Waals surface area contributed by atoms with Crippen molar-refractivity contribution in [1.29, 1.82) is 0 Å². The number of alkyl carbamates (subject to hydrolysis) is 1. The second kappa shape index (κ2) is 11.3. The average Bonchev–Trinajstić information content (AvgIpc) is 3.60. The Labute approximate surface area is 248 Å². The number of nitro groups is 1. The van der Waals surface area contributed by atoms with E-state index in [-0.39, 0.29) is 29.5 Å². The van der Waals surface area contributed by atoms with Gasteiger partial charge < -0.3 is 28.5 Å². The fraction of sp³-hybridized carbons (Fsp3) is 0.452. The number of nitrogens with zero attached hydrogens (tertiary/aromatic N) is 3. The van der Waals surface area contributed by atoms with Gasteiger partial charge in [-0.1, -0.05) is 12.1 Å². The van der Waals surface area contributed by atoms with Crippen molar-refractivity contribution in [2.45, 2.75) is 77.5 Å². The van der Waals surface area contributed by atoms with Gasteiger partial charge in [0.05, 0.1) is 23.7 Å². The number of hydrogen-bond donors (Lipinski definition) is 1. The SMILES string of the molecule is CCCOc1ccc(-c2nc(-c3ccc4oc(C5(NC(=O)OC(C)(C)C)CCC(C)(C)OC5)cc4c3)no2)cc1[N+](=O)[O-]. The summed E-state index contributed by atoms with van der Waals surface area (Å²) in [5.41, 5.74) is -0.435. The molecule has 1 fully saturated rings. The lowest BCUT2D eigenvalue weighted by atomic mass is 9.83. The van der Waals surface area contributed by atoms with Gasteiger partial charge in [0.15, 0.2) is 5.75 Å². The zero-order chi connectivity index (χ0) is 31.0. The van der Waals surface area contributed by atoms with Crippen molar-refractivity contribution in [3.63, 3.8) is 0 Å². The van der Waals surface area contributed by atoms with E-state index in [4.69, 9.17) is 23.2 Å². The maximum atomic E-state index is 12.9. The summed E-state index contributed by atoms with van der Waals surface area (Å²) < 4.78 is 28.9. The van der Waals surface area contributed by atoms with Gasteiger partial charge in [0, 0.05) is 22.6 Å². The molecular formula is C31H36N4O8. The first kappa shape index (κ1) is 30.0. The molecule has 12 heteroatoms. The molecule has 1 saturated heterocycles. The molecule has 12 nitrogen and oxygen atoms in total. The molecule has 1 aliphatic heterocycles.